The van der Waals surface area contributed by atoms with E-state index in [1.54, 1.807) is 44.6 Å². The maximum atomic E-state index is 13.1. The number of ketones is 1. The van der Waals surface area contributed by atoms with Gasteiger partial charge in [0.25, 0.3) is 0 Å². The summed E-state index contributed by atoms with van der Waals surface area (Å²) in [7, 11) is 3.10. The van der Waals surface area contributed by atoms with Gasteiger partial charge in [0, 0.05) is 21.2 Å². The number of anilines is 1. The maximum Gasteiger partial charge on any atom is 0.165 e. The Labute approximate surface area is 199 Å². The third-order valence-corrected chi connectivity index (χ3v) is 6.08. The van der Waals surface area contributed by atoms with Gasteiger partial charge in [0.2, 0.25) is 0 Å². The molecule has 0 bridgehead atoms. The summed E-state index contributed by atoms with van der Waals surface area (Å²) < 4.78 is 11.7. The molecule has 3 aromatic rings. The standard InChI is InChI=1S/C23H20Cl2INO3/c1-29-22-10-4-15(12-23(22)30-2)21(28)13-20(14-3-9-18(24)19(25)11-14)27-17-7-5-16(26)6-8-17/h3-12,20,27H,13H2,1-2H3. The number of rotatable bonds is 8. The van der Waals surface area contributed by atoms with Gasteiger partial charge in [-0.2, -0.15) is 0 Å². The highest BCUT2D eigenvalue weighted by Gasteiger charge is 2.20. The van der Waals surface area contributed by atoms with Crippen molar-refractivity contribution in [3.05, 3.63) is 85.4 Å². The van der Waals surface area contributed by atoms with Gasteiger partial charge in [0.05, 0.1) is 30.3 Å². The largest absolute Gasteiger partial charge is 0.493 e. The van der Waals surface area contributed by atoms with Crippen molar-refractivity contribution in [1.82, 2.24) is 0 Å². The highest BCUT2D eigenvalue weighted by atomic mass is 127. The molecule has 1 atom stereocenters. The molecule has 0 fully saturated rings. The quantitative estimate of drug-likeness (QED) is 0.239. The van der Waals surface area contributed by atoms with Crippen LogP contribution < -0.4 is 14.8 Å². The maximum absolute atomic E-state index is 13.1. The van der Waals surface area contributed by atoms with Crippen molar-refractivity contribution in [3.63, 3.8) is 0 Å². The van der Waals surface area contributed by atoms with E-state index >= 15 is 0 Å². The number of nitrogens with one attached hydrogen (secondary N) is 1. The summed E-state index contributed by atoms with van der Waals surface area (Å²) in [6.07, 6.45) is 0.222. The van der Waals surface area contributed by atoms with E-state index < -0.39 is 0 Å². The third-order valence-electron chi connectivity index (χ3n) is 4.63. The first-order valence-electron chi connectivity index (χ1n) is 9.13. The SMILES string of the molecule is COc1ccc(C(=O)CC(Nc2ccc(I)cc2)c2ccc(Cl)c(Cl)c2)cc1OC. The predicted molar refractivity (Wildman–Crippen MR) is 130 cm³/mol. The number of hydrogen-bond acceptors (Lipinski definition) is 4. The second kappa shape index (κ2) is 10.4. The van der Waals surface area contributed by atoms with Crippen molar-refractivity contribution in [2.24, 2.45) is 0 Å². The summed E-state index contributed by atoms with van der Waals surface area (Å²) in [4.78, 5) is 13.1. The zero-order chi connectivity index (χ0) is 21.7. The molecule has 3 rings (SSSR count). The Morgan fingerprint density at radius 1 is 0.933 bits per heavy atom. The molecule has 0 aliphatic heterocycles. The minimum atomic E-state index is -0.291. The van der Waals surface area contributed by atoms with Crippen molar-refractivity contribution < 1.29 is 14.3 Å². The molecular weight excluding hydrogens is 536 g/mol. The highest BCUT2D eigenvalue weighted by Crippen LogP contribution is 2.32. The number of hydrogen-bond donors (Lipinski definition) is 1. The van der Waals surface area contributed by atoms with Gasteiger partial charge in [-0.25, -0.2) is 0 Å². The van der Waals surface area contributed by atoms with E-state index in [2.05, 4.69) is 27.9 Å². The first kappa shape index (κ1) is 22.7. The Balaban J connectivity index is 1.90. The summed E-state index contributed by atoms with van der Waals surface area (Å²) in [6.45, 7) is 0. The van der Waals surface area contributed by atoms with E-state index in [0.29, 0.717) is 27.1 Å². The van der Waals surface area contributed by atoms with Crippen molar-refractivity contribution in [3.8, 4) is 11.5 Å². The zero-order valence-corrected chi connectivity index (χ0v) is 20.1. The van der Waals surface area contributed by atoms with E-state index in [-0.39, 0.29) is 18.2 Å². The summed E-state index contributed by atoms with van der Waals surface area (Å²) in [5.74, 6) is 1.05. The number of Topliss-reactive ketones (excluding diaryl/α,β-unsaturated/α-hetero) is 1. The lowest BCUT2D eigenvalue weighted by atomic mass is 9.97. The molecule has 0 aromatic heterocycles. The van der Waals surface area contributed by atoms with Crippen LogP contribution in [0.25, 0.3) is 0 Å². The molecule has 0 aliphatic rings. The number of methoxy groups -OCH3 is 2. The molecule has 0 heterocycles. The second-order valence-electron chi connectivity index (χ2n) is 6.57. The van der Waals surface area contributed by atoms with Crippen molar-refractivity contribution in [1.29, 1.82) is 0 Å². The lowest BCUT2D eigenvalue weighted by Gasteiger charge is -2.21. The Hall–Kier alpha value is -1.96. The summed E-state index contributed by atoms with van der Waals surface area (Å²) in [5, 5.41) is 4.36. The predicted octanol–water partition coefficient (Wildman–Crippen LogP) is 7.04. The van der Waals surface area contributed by atoms with Gasteiger partial charge < -0.3 is 14.8 Å². The minimum absolute atomic E-state index is 0.0370. The van der Waals surface area contributed by atoms with E-state index in [1.807, 2.05) is 30.3 Å². The van der Waals surface area contributed by atoms with Gasteiger partial charge in [-0.1, -0.05) is 29.3 Å². The van der Waals surface area contributed by atoms with Gasteiger partial charge in [0.15, 0.2) is 17.3 Å². The molecule has 0 spiro atoms. The van der Waals surface area contributed by atoms with Crippen LogP contribution in [0.15, 0.2) is 60.7 Å². The fourth-order valence-corrected chi connectivity index (χ4v) is 3.71. The zero-order valence-electron chi connectivity index (χ0n) is 16.4. The van der Waals surface area contributed by atoms with Crippen LogP contribution in [0.4, 0.5) is 5.69 Å². The van der Waals surface area contributed by atoms with Crippen LogP contribution in [0, 0.1) is 3.57 Å². The smallest absolute Gasteiger partial charge is 0.165 e. The highest BCUT2D eigenvalue weighted by molar-refractivity contribution is 14.1. The minimum Gasteiger partial charge on any atom is -0.493 e. The Morgan fingerprint density at radius 2 is 1.63 bits per heavy atom. The summed E-state index contributed by atoms with van der Waals surface area (Å²) in [6, 6.07) is 18.2. The first-order chi connectivity index (χ1) is 14.4. The lowest BCUT2D eigenvalue weighted by molar-refractivity contribution is 0.0976. The van der Waals surface area contributed by atoms with Gasteiger partial charge in [-0.15, -0.1) is 0 Å². The van der Waals surface area contributed by atoms with Crippen LogP contribution in [-0.4, -0.2) is 20.0 Å². The number of carbonyl (C=O) groups is 1. The van der Waals surface area contributed by atoms with E-state index in [9.17, 15) is 4.79 Å². The fourth-order valence-electron chi connectivity index (χ4n) is 3.04. The summed E-state index contributed by atoms with van der Waals surface area (Å²) >= 11 is 14.6. The fraction of sp³-hybridized carbons (Fsp3) is 0.174. The molecule has 3 aromatic carbocycles. The van der Waals surface area contributed by atoms with Crippen LogP contribution in [-0.2, 0) is 0 Å². The van der Waals surface area contributed by atoms with Crippen molar-refractivity contribution in [2.75, 3.05) is 19.5 Å². The van der Waals surface area contributed by atoms with E-state index in [4.69, 9.17) is 32.7 Å². The Morgan fingerprint density at radius 3 is 2.27 bits per heavy atom. The van der Waals surface area contributed by atoms with Crippen molar-refractivity contribution in [2.45, 2.75) is 12.5 Å². The number of halogens is 3. The van der Waals surface area contributed by atoms with Gasteiger partial charge in [0.1, 0.15) is 0 Å². The molecule has 0 saturated heterocycles. The normalized spacial score (nSPS) is 11.6. The topological polar surface area (TPSA) is 47.6 Å². The Bertz CT molecular complexity index is 1040. The van der Waals surface area contributed by atoms with Crippen LogP contribution >= 0.6 is 45.8 Å². The molecule has 0 amide bonds. The number of ether oxygens (including phenoxy) is 2. The van der Waals surface area contributed by atoms with Gasteiger partial charge in [-0.05, 0) is 82.8 Å². The molecule has 1 unspecified atom stereocenters. The molecule has 1 N–H and O–H groups in total. The van der Waals surface area contributed by atoms with Crippen LogP contribution in [0.3, 0.4) is 0 Å². The molecule has 30 heavy (non-hydrogen) atoms. The van der Waals surface area contributed by atoms with Crippen LogP contribution in [0.1, 0.15) is 28.4 Å². The van der Waals surface area contributed by atoms with Crippen LogP contribution in [0.5, 0.6) is 11.5 Å². The van der Waals surface area contributed by atoms with Crippen LogP contribution in [0.2, 0.25) is 10.0 Å². The molecule has 4 nitrogen and oxygen atoms in total. The van der Waals surface area contributed by atoms with E-state index in [0.717, 1.165) is 14.8 Å². The monoisotopic (exact) mass is 555 g/mol. The molecule has 156 valence electrons. The third kappa shape index (κ3) is 5.59. The average molecular weight is 556 g/mol. The second-order valence-corrected chi connectivity index (χ2v) is 8.63. The van der Waals surface area contributed by atoms with Gasteiger partial charge in [-0.3, -0.25) is 4.79 Å². The number of carbonyl (C=O) groups excluding carboxylic acids is 1. The molecule has 0 radical (unpaired) electrons. The number of benzene rings is 3. The molecular formula is C23H20Cl2INO3. The average Bonchev–Trinajstić information content (AvgIpc) is 2.76. The lowest BCUT2D eigenvalue weighted by Crippen LogP contribution is -2.16. The van der Waals surface area contributed by atoms with Gasteiger partial charge >= 0.3 is 0 Å². The van der Waals surface area contributed by atoms with Crippen molar-refractivity contribution >= 4 is 57.3 Å². The Kier molecular flexibility index (Phi) is 7.86. The molecule has 7 heteroatoms. The van der Waals surface area contributed by atoms with E-state index in [1.165, 1.54) is 0 Å². The molecule has 0 saturated carbocycles. The summed E-state index contributed by atoms with van der Waals surface area (Å²) in [5.41, 5.74) is 2.32. The first-order valence-corrected chi connectivity index (χ1v) is 11.0. The molecule has 0 aliphatic carbocycles.